The number of hydrogen-bond donors (Lipinski definition) is 0. The number of anilines is 1. The molecule has 2 heterocycles. The minimum Gasteiger partial charge on any atom is -0.348 e. The molecule has 112 valence electrons. The van der Waals surface area contributed by atoms with E-state index in [0.717, 1.165) is 47.4 Å². The average Bonchev–Trinajstić information content (AvgIpc) is 2.64. The van der Waals surface area contributed by atoms with E-state index in [-0.39, 0.29) is 0 Å². The molecule has 1 fully saturated rings. The van der Waals surface area contributed by atoms with Crippen molar-refractivity contribution >= 4 is 22.8 Å². The summed E-state index contributed by atoms with van der Waals surface area (Å²) >= 11 is 1.56. The number of thiazole rings is 1. The number of aryl methyl sites for hydroxylation is 1. The van der Waals surface area contributed by atoms with Crippen molar-refractivity contribution in [2.75, 3.05) is 18.0 Å². The Morgan fingerprint density at radius 1 is 1.35 bits per heavy atom. The molecule has 2 rings (SSSR count). The number of hydrogen-bond acceptors (Lipinski definition) is 4. The van der Waals surface area contributed by atoms with Crippen LogP contribution in [-0.4, -0.2) is 24.4 Å². The van der Waals surface area contributed by atoms with Crippen molar-refractivity contribution in [3.63, 3.8) is 0 Å². The van der Waals surface area contributed by atoms with Crippen molar-refractivity contribution in [1.82, 2.24) is 4.98 Å². The third kappa shape index (κ3) is 3.40. The number of aldehydes is 1. The van der Waals surface area contributed by atoms with Crippen LogP contribution in [0.4, 0.5) is 5.13 Å². The van der Waals surface area contributed by atoms with Crippen LogP contribution in [0, 0.1) is 11.3 Å². The monoisotopic (exact) mass is 294 g/mol. The summed E-state index contributed by atoms with van der Waals surface area (Å²) < 4.78 is 0. The van der Waals surface area contributed by atoms with Crippen LogP contribution in [0.2, 0.25) is 0 Å². The molecule has 0 amide bonds. The van der Waals surface area contributed by atoms with Gasteiger partial charge in [-0.25, -0.2) is 4.98 Å². The average molecular weight is 294 g/mol. The summed E-state index contributed by atoms with van der Waals surface area (Å²) in [6.45, 7) is 11.2. The lowest BCUT2D eigenvalue weighted by Gasteiger charge is -2.29. The molecule has 0 aliphatic carbocycles. The lowest BCUT2D eigenvalue weighted by Crippen LogP contribution is -2.26. The van der Waals surface area contributed by atoms with Crippen LogP contribution in [0.25, 0.3) is 0 Å². The molecule has 0 radical (unpaired) electrons. The highest BCUT2D eigenvalue weighted by atomic mass is 32.1. The summed E-state index contributed by atoms with van der Waals surface area (Å²) in [6, 6.07) is 0. The summed E-state index contributed by atoms with van der Waals surface area (Å²) in [7, 11) is 0. The second-order valence-corrected chi connectivity index (χ2v) is 7.77. The van der Waals surface area contributed by atoms with E-state index in [0.29, 0.717) is 5.41 Å². The van der Waals surface area contributed by atoms with Crippen LogP contribution in [0.5, 0.6) is 0 Å². The number of carbonyl (C=O) groups is 1. The smallest absolute Gasteiger partial charge is 0.186 e. The first-order valence-electron chi connectivity index (χ1n) is 7.65. The second-order valence-electron chi connectivity index (χ2n) is 6.76. The maximum atomic E-state index is 11.1. The van der Waals surface area contributed by atoms with Gasteiger partial charge < -0.3 is 4.90 Å². The molecule has 1 aliphatic rings. The molecule has 1 atom stereocenters. The Hall–Kier alpha value is -0.900. The Morgan fingerprint density at radius 2 is 2.10 bits per heavy atom. The second kappa shape index (κ2) is 6.25. The summed E-state index contributed by atoms with van der Waals surface area (Å²) in [5.74, 6) is 0.781. The van der Waals surface area contributed by atoms with Crippen molar-refractivity contribution in [3.8, 4) is 0 Å². The van der Waals surface area contributed by atoms with Crippen molar-refractivity contribution in [1.29, 1.82) is 0 Å². The van der Waals surface area contributed by atoms with Gasteiger partial charge in [-0.15, -0.1) is 0 Å². The summed E-state index contributed by atoms with van der Waals surface area (Å²) in [4.78, 5) is 18.9. The molecule has 1 saturated heterocycles. The fraction of sp³-hybridized carbons (Fsp3) is 0.750. The van der Waals surface area contributed by atoms with Crippen LogP contribution in [-0.2, 0) is 6.42 Å². The summed E-state index contributed by atoms with van der Waals surface area (Å²) in [5.41, 5.74) is 1.35. The number of rotatable bonds is 3. The van der Waals surface area contributed by atoms with Crippen LogP contribution in [0.3, 0.4) is 0 Å². The molecular weight excluding hydrogens is 268 g/mol. The molecule has 1 unspecified atom stereocenters. The van der Waals surface area contributed by atoms with Gasteiger partial charge in [0.05, 0.1) is 10.6 Å². The van der Waals surface area contributed by atoms with Crippen LogP contribution < -0.4 is 4.90 Å². The van der Waals surface area contributed by atoms with Gasteiger partial charge in [0, 0.05) is 13.1 Å². The van der Waals surface area contributed by atoms with E-state index in [2.05, 4.69) is 37.6 Å². The zero-order valence-corrected chi connectivity index (χ0v) is 13.9. The molecule has 1 aromatic rings. The predicted octanol–water partition coefficient (Wildman–Crippen LogP) is 4.17. The van der Waals surface area contributed by atoms with Crippen LogP contribution in [0.1, 0.15) is 62.3 Å². The lowest BCUT2D eigenvalue weighted by atomic mass is 9.77. The molecule has 1 aromatic heterocycles. The number of aromatic nitrogens is 1. The highest BCUT2D eigenvalue weighted by Gasteiger charge is 2.28. The van der Waals surface area contributed by atoms with Gasteiger partial charge in [0.1, 0.15) is 0 Å². The largest absolute Gasteiger partial charge is 0.348 e. The van der Waals surface area contributed by atoms with Gasteiger partial charge in [-0.3, -0.25) is 4.79 Å². The standard InChI is InChI=1S/C16H26N2OS/c1-5-13-14(11-19)20-15(17-13)18-9-6-7-12(8-10-18)16(2,3)4/h11-12H,5-10H2,1-4H3. The van der Waals surface area contributed by atoms with E-state index in [9.17, 15) is 4.79 Å². The zero-order valence-electron chi connectivity index (χ0n) is 13.1. The molecule has 4 heteroatoms. The van der Waals surface area contributed by atoms with Crippen molar-refractivity contribution in [2.45, 2.75) is 53.4 Å². The molecule has 0 bridgehead atoms. The Labute approximate surface area is 126 Å². The minimum atomic E-state index is 0.390. The third-order valence-corrected chi connectivity index (χ3v) is 5.47. The van der Waals surface area contributed by atoms with Gasteiger partial charge in [0.2, 0.25) is 0 Å². The minimum absolute atomic E-state index is 0.390. The Kier molecular flexibility index (Phi) is 4.84. The van der Waals surface area contributed by atoms with Gasteiger partial charge in [0.15, 0.2) is 11.4 Å². The normalized spacial score (nSPS) is 20.8. The predicted molar refractivity (Wildman–Crippen MR) is 85.9 cm³/mol. The molecule has 0 saturated carbocycles. The van der Waals surface area contributed by atoms with Crippen LogP contribution in [0.15, 0.2) is 0 Å². The maximum Gasteiger partial charge on any atom is 0.186 e. The fourth-order valence-electron chi connectivity index (χ4n) is 2.98. The molecule has 0 N–H and O–H groups in total. The van der Waals surface area contributed by atoms with E-state index in [4.69, 9.17) is 0 Å². The van der Waals surface area contributed by atoms with Crippen molar-refractivity contribution < 1.29 is 4.79 Å². The number of nitrogens with zero attached hydrogens (tertiary/aromatic N) is 2. The first kappa shape index (κ1) is 15.5. The number of carbonyl (C=O) groups excluding carboxylic acids is 1. The van der Waals surface area contributed by atoms with Gasteiger partial charge in [-0.2, -0.15) is 0 Å². The topological polar surface area (TPSA) is 33.2 Å². The molecule has 20 heavy (non-hydrogen) atoms. The molecule has 3 nitrogen and oxygen atoms in total. The Balaban J connectivity index is 2.10. The SMILES string of the molecule is CCc1nc(N2CCCC(C(C)(C)C)CC2)sc1C=O. The van der Waals surface area contributed by atoms with Crippen molar-refractivity contribution in [2.24, 2.45) is 11.3 Å². The third-order valence-electron chi connectivity index (χ3n) is 4.38. The van der Waals surface area contributed by atoms with Gasteiger partial charge in [-0.1, -0.05) is 39.0 Å². The molecular formula is C16H26N2OS. The Morgan fingerprint density at radius 3 is 2.65 bits per heavy atom. The van der Waals surface area contributed by atoms with Crippen LogP contribution >= 0.6 is 11.3 Å². The summed E-state index contributed by atoms with van der Waals surface area (Å²) in [6.07, 6.45) is 5.53. The fourth-order valence-corrected chi connectivity index (χ4v) is 4.01. The Bertz CT molecular complexity index is 462. The zero-order chi connectivity index (χ0) is 14.8. The van der Waals surface area contributed by atoms with Crippen molar-refractivity contribution in [3.05, 3.63) is 10.6 Å². The van der Waals surface area contributed by atoms with Gasteiger partial charge in [0.25, 0.3) is 0 Å². The van der Waals surface area contributed by atoms with E-state index >= 15 is 0 Å². The quantitative estimate of drug-likeness (QED) is 0.784. The maximum absolute atomic E-state index is 11.1. The highest BCUT2D eigenvalue weighted by molar-refractivity contribution is 7.17. The van der Waals surface area contributed by atoms with E-state index < -0.39 is 0 Å². The molecule has 0 aromatic carbocycles. The van der Waals surface area contributed by atoms with E-state index in [1.165, 1.54) is 19.3 Å². The first-order valence-corrected chi connectivity index (χ1v) is 8.47. The summed E-state index contributed by atoms with van der Waals surface area (Å²) in [5, 5.41) is 1.04. The van der Waals surface area contributed by atoms with E-state index in [1.54, 1.807) is 11.3 Å². The van der Waals surface area contributed by atoms with Gasteiger partial charge >= 0.3 is 0 Å². The first-order chi connectivity index (χ1) is 9.45. The van der Waals surface area contributed by atoms with E-state index in [1.807, 2.05) is 0 Å². The highest BCUT2D eigenvalue weighted by Crippen LogP contribution is 2.36. The van der Waals surface area contributed by atoms with Gasteiger partial charge in [-0.05, 0) is 37.0 Å². The molecule has 0 spiro atoms. The lowest BCUT2D eigenvalue weighted by molar-refractivity contribution is 0.112. The molecule has 1 aliphatic heterocycles.